The van der Waals surface area contributed by atoms with Crippen molar-refractivity contribution in [1.29, 1.82) is 0 Å². The zero-order valence-electron chi connectivity index (χ0n) is 15.4. The fourth-order valence-electron chi connectivity index (χ4n) is 3.18. The van der Waals surface area contributed by atoms with Gasteiger partial charge in [0.05, 0.1) is 23.1 Å². The second-order valence-corrected chi connectivity index (χ2v) is 9.31. The van der Waals surface area contributed by atoms with Gasteiger partial charge < -0.3 is 14.4 Å². The third-order valence-corrected chi connectivity index (χ3v) is 7.19. The molecule has 3 rings (SSSR count). The molecule has 2 saturated heterocycles. The van der Waals surface area contributed by atoms with Gasteiger partial charge in [-0.25, -0.2) is 8.42 Å². The monoisotopic (exact) mass is 416 g/mol. The van der Waals surface area contributed by atoms with Crippen LogP contribution in [-0.2, 0) is 19.6 Å². The van der Waals surface area contributed by atoms with Crippen LogP contribution in [0.4, 0.5) is 0 Å². The number of amides is 1. The minimum atomic E-state index is -3.62. The van der Waals surface area contributed by atoms with E-state index in [1.54, 1.807) is 4.90 Å². The van der Waals surface area contributed by atoms with E-state index in [0.717, 1.165) is 25.9 Å². The molecule has 1 aromatic rings. The summed E-state index contributed by atoms with van der Waals surface area (Å²) in [4.78, 5) is 14.2. The largest absolute Gasteiger partial charge is 0.482 e. The molecule has 0 aromatic heterocycles. The van der Waals surface area contributed by atoms with Crippen molar-refractivity contribution < 1.29 is 22.7 Å². The Morgan fingerprint density at radius 1 is 1.22 bits per heavy atom. The topological polar surface area (TPSA) is 76.2 Å². The first kappa shape index (κ1) is 20.4. The van der Waals surface area contributed by atoms with Gasteiger partial charge in [0.1, 0.15) is 5.75 Å². The van der Waals surface area contributed by atoms with Gasteiger partial charge in [0.25, 0.3) is 5.91 Å². The van der Waals surface area contributed by atoms with Gasteiger partial charge in [-0.15, -0.1) is 0 Å². The molecule has 0 spiro atoms. The predicted octanol–water partition coefficient (Wildman–Crippen LogP) is 2.00. The summed E-state index contributed by atoms with van der Waals surface area (Å²) in [5.41, 5.74) is 0. The number of likely N-dealkylation sites (tertiary alicyclic amines) is 1. The van der Waals surface area contributed by atoms with E-state index in [-0.39, 0.29) is 22.4 Å². The van der Waals surface area contributed by atoms with Crippen LogP contribution < -0.4 is 4.74 Å². The van der Waals surface area contributed by atoms with Crippen molar-refractivity contribution in [3.8, 4) is 5.75 Å². The summed E-state index contributed by atoms with van der Waals surface area (Å²) in [6.07, 6.45) is 2.00. The number of halogens is 1. The highest BCUT2D eigenvalue weighted by atomic mass is 35.5. The van der Waals surface area contributed by atoms with Gasteiger partial charge in [0.2, 0.25) is 10.0 Å². The summed E-state index contributed by atoms with van der Waals surface area (Å²) in [7, 11) is -3.62. The van der Waals surface area contributed by atoms with Crippen molar-refractivity contribution in [1.82, 2.24) is 9.21 Å². The molecule has 150 valence electrons. The van der Waals surface area contributed by atoms with Crippen LogP contribution in [-0.4, -0.2) is 69.5 Å². The fourth-order valence-corrected chi connectivity index (χ4v) is 4.92. The van der Waals surface area contributed by atoms with E-state index in [1.165, 1.54) is 22.5 Å². The van der Waals surface area contributed by atoms with E-state index in [9.17, 15) is 13.2 Å². The third kappa shape index (κ3) is 4.93. The maximum atomic E-state index is 12.7. The van der Waals surface area contributed by atoms with E-state index in [2.05, 4.69) is 6.92 Å². The normalized spacial score (nSPS) is 19.9. The van der Waals surface area contributed by atoms with Crippen LogP contribution >= 0.6 is 11.6 Å². The number of carbonyl (C=O) groups excluding carboxylic acids is 1. The number of carbonyl (C=O) groups is 1. The Kier molecular flexibility index (Phi) is 6.62. The molecule has 9 heteroatoms. The lowest BCUT2D eigenvalue weighted by atomic mass is 9.99. The van der Waals surface area contributed by atoms with Crippen molar-refractivity contribution in [3.05, 3.63) is 23.2 Å². The van der Waals surface area contributed by atoms with Crippen molar-refractivity contribution in [2.45, 2.75) is 24.7 Å². The highest BCUT2D eigenvalue weighted by Gasteiger charge is 2.27. The molecule has 1 amide bonds. The summed E-state index contributed by atoms with van der Waals surface area (Å²) < 4.78 is 37.4. The van der Waals surface area contributed by atoms with E-state index in [4.69, 9.17) is 21.1 Å². The van der Waals surface area contributed by atoms with Gasteiger partial charge in [-0.2, -0.15) is 4.31 Å². The Hall–Kier alpha value is -1.35. The van der Waals surface area contributed by atoms with Gasteiger partial charge in [-0.3, -0.25) is 4.79 Å². The van der Waals surface area contributed by atoms with Gasteiger partial charge in [-0.05, 0) is 37.0 Å². The summed E-state index contributed by atoms with van der Waals surface area (Å²) in [6, 6.07) is 4.33. The maximum Gasteiger partial charge on any atom is 0.260 e. The first-order valence-electron chi connectivity index (χ1n) is 9.16. The quantitative estimate of drug-likeness (QED) is 0.733. The van der Waals surface area contributed by atoms with E-state index < -0.39 is 10.0 Å². The standard InChI is InChI=1S/C18H25ClN2O5S/c1-14-4-6-20(7-5-14)18(22)13-26-17-3-2-15(12-16(17)19)27(23,24)21-8-10-25-11-9-21/h2-3,12,14H,4-11,13H2,1H3. The summed E-state index contributed by atoms with van der Waals surface area (Å²) in [5, 5.41) is 0.171. The number of benzene rings is 1. The molecule has 2 aliphatic rings. The van der Waals surface area contributed by atoms with E-state index in [0.29, 0.717) is 38.0 Å². The number of nitrogens with zero attached hydrogens (tertiary/aromatic N) is 2. The van der Waals surface area contributed by atoms with Crippen LogP contribution in [0.3, 0.4) is 0 Å². The Morgan fingerprint density at radius 3 is 2.52 bits per heavy atom. The van der Waals surface area contributed by atoms with Crippen molar-refractivity contribution in [2.75, 3.05) is 46.0 Å². The minimum Gasteiger partial charge on any atom is -0.482 e. The van der Waals surface area contributed by atoms with Crippen LogP contribution in [0.25, 0.3) is 0 Å². The minimum absolute atomic E-state index is 0.0806. The maximum absolute atomic E-state index is 12.7. The lowest BCUT2D eigenvalue weighted by Crippen LogP contribution is -2.40. The third-order valence-electron chi connectivity index (χ3n) is 5.00. The second-order valence-electron chi connectivity index (χ2n) is 6.96. The average molecular weight is 417 g/mol. The molecule has 0 atom stereocenters. The zero-order chi connectivity index (χ0) is 19.4. The lowest BCUT2D eigenvalue weighted by molar-refractivity contribution is -0.134. The molecular weight excluding hydrogens is 392 g/mol. The highest BCUT2D eigenvalue weighted by molar-refractivity contribution is 7.89. The zero-order valence-corrected chi connectivity index (χ0v) is 17.0. The SMILES string of the molecule is CC1CCN(C(=O)COc2ccc(S(=O)(=O)N3CCOCC3)cc2Cl)CC1. The van der Waals surface area contributed by atoms with Gasteiger partial charge in [0.15, 0.2) is 6.61 Å². The number of ether oxygens (including phenoxy) is 2. The number of rotatable bonds is 5. The number of morpholine rings is 1. The Labute approximate surface area is 165 Å². The molecule has 0 aliphatic carbocycles. The predicted molar refractivity (Wildman–Crippen MR) is 102 cm³/mol. The number of sulfonamides is 1. The van der Waals surface area contributed by atoms with Crippen LogP contribution in [0, 0.1) is 5.92 Å². The van der Waals surface area contributed by atoms with Crippen LogP contribution in [0.2, 0.25) is 5.02 Å². The summed E-state index contributed by atoms with van der Waals surface area (Å²) in [5.74, 6) is 0.865. The van der Waals surface area contributed by atoms with Crippen molar-refractivity contribution in [3.63, 3.8) is 0 Å². The second kappa shape index (κ2) is 8.77. The van der Waals surface area contributed by atoms with Crippen LogP contribution in [0.5, 0.6) is 5.75 Å². The molecule has 0 radical (unpaired) electrons. The Bertz CT molecular complexity index is 772. The fraction of sp³-hybridized carbons (Fsp3) is 0.611. The molecule has 0 saturated carbocycles. The lowest BCUT2D eigenvalue weighted by Gasteiger charge is -2.30. The highest BCUT2D eigenvalue weighted by Crippen LogP contribution is 2.29. The Balaban J connectivity index is 1.62. The van der Waals surface area contributed by atoms with Gasteiger partial charge in [-0.1, -0.05) is 18.5 Å². The average Bonchev–Trinajstić information content (AvgIpc) is 2.68. The molecule has 0 bridgehead atoms. The molecule has 0 unspecified atom stereocenters. The number of piperidine rings is 1. The van der Waals surface area contributed by atoms with Crippen molar-refractivity contribution >= 4 is 27.5 Å². The molecule has 1 aromatic carbocycles. The number of hydrogen-bond donors (Lipinski definition) is 0. The molecule has 2 fully saturated rings. The first-order valence-corrected chi connectivity index (χ1v) is 11.0. The van der Waals surface area contributed by atoms with E-state index >= 15 is 0 Å². The Morgan fingerprint density at radius 2 is 1.89 bits per heavy atom. The smallest absolute Gasteiger partial charge is 0.260 e. The molecule has 7 nitrogen and oxygen atoms in total. The van der Waals surface area contributed by atoms with Gasteiger partial charge >= 0.3 is 0 Å². The molecule has 2 aliphatic heterocycles. The van der Waals surface area contributed by atoms with Crippen molar-refractivity contribution in [2.24, 2.45) is 5.92 Å². The summed E-state index contributed by atoms with van der Waals surface area (Å²) in [6.45, 7) is 4.97. The molecule has 2 heterocycles. The summed E-state index contributed by atoms with van der Waals surface area (Å²) >= 11 is 6.21. The van der Waals surface area contributed by atoms with E-state index in [1.807, 2.05) is 0 Å². The molecule has 27 heavy (non-hydrogen) atoms. The molecular formula is C18H25ClN2O5S. The molecule has 0 N–H and O–H groups in total. The first-order chi connectivity index (χ1) is 12.9. The van der Waals surface area contributed by atoms with Crippen LogP contribution in [0.15, 0.2) is 23.1 Å². The van der Waals surface area contributed by atoms with Gasteiger partial charge in [0, 0.05) is 26.2 Å². The number of hydrogen-bond acceptors (Lipinski definition) is 5. The van der Waals surface area contributed by atoms with Crippen LogP contribution in [0.1, 0.15) is 19.8 Å².